The number of carbonyl (C=O) groups excluding carboxylic acids is 1. The second-order valence-electron chi connectivity index (χ2n) is 4.32. The molecule has 0 spiro atoms. The Kier molecular flexibility index (Phi) is 4.35. The number of carbonyl (C=O) groups is 1. The monoisotopic (exact) mass is 381 g/mol. The molecule has 0 saturated heterocycles. The molecule has 0 atom stereocenters. The maximum absolute atomic E-state index is 13.6. The average Bonchev–Trinajstić information content (AvgIpc) is 3.17. The van der Waals surface area contributed by atoms with E-state index in [-0.39, 0.29) is 12.2 Å². The minimum absolute atomic E-state index is 0.0837. The van der Waals surface area contributed by atoms with Crippen LogP contribution in [0, 0.1) is 5.82 Å². The summed E-state index contributed by atoms with van der Waals surface area (Å²) in [5.41, 5.74) is 0.337. The number of halogens is 2. The van der Waals surface area contributed by atoms with Gasteiger partial charge in [0.05, 0.1) is 10.4 Å². The zero-order valence-electron chi connectivity index (χ0n) is 11.1. The van der Waals surface area contributed by atoms with Gasteiger partial charge in [-0.05, 0) is 29.6 Å². The van der Waals surface area contributed by atoms with E-state index in [1.807, 2.05) is 17.5 Å². The van der Waals surface area contributed by atoms with Crippen molar-refractivity contribution >= 4 is 33.2 Å². The summed E-state index contributed by atoms with van der Waals surface area (Å²) in [6.45, 7) is -0.0837. The van der Waals surface area contributed by atoms with E-state index in [9.17, 15) is 9.18 Å². The van der Waals surface area contributed by atoms with Gasteiger partial charge in [-0.2, -0.15) is 0 Å². The number of benzene rings is 1. The summed E-state index contributed by atoms with van der Waals surface area (Å²) in [4.78, 5) is 17.0. The third-order valence-electron chi connectivity index (χ3n) is 2.78. The van der Waals surface area contributed by atoms with Crippen LogP contribution in [0.2, 0.25) is 0 Å². The lowest BCUT2D eigenvalue weighted by Crippen LogP contribution is -2.07. The third-order valence-corrected chi connectivity index (χ3v) is 4.13. The molecular formula is C15H9BrFNO3S. The Morgan fingerprint density at radius 1 is 1.41 bits per heavy atom. The minimum atomic E-state index is -0.750. The van der Waals surface area contributed by atoms with E-state index in [2.05, 4.69) is 20.9 Å². The van der Waals surface area contributed by atoms with Crippen LogP contribution in [-0.2, 0) is 11.3 Å². The molecule has 112 valence electrons. The maximum Gasteiger partial charge on any atom is 0.341 e. The lowest BCUT2D eigenvalue weighted by molar-refractivity contribution is 0.0462. The van der Waals surface area contributed by atoms with Crippen LogP contribution in [-0.4, -0.2) is 11.0 Å². The molecule has 3 rings (SSSR count). The molecule has 1 aromatic carbocycles. The normalized spacial score (nSPS) is 10.6. The Balaban J connectivity index is 1.67. The summed E-state index contributed by atoms with van der Waals surface area (Å²) in [6.07, 6.45) is 1.42. The van der Waals surface area contributed by atoms with E-state index in [0.717, 1.165) is 4.88 Å². The first-order valence-electron chi connectivity index (χ1n) is 6.24. The van der Waals surface area contributed by atoms with Crippen molar-refractivity contribution in [2.75, 3.05) is 0 Å². The van der Waals surface area contributed by atoms with Gasteiger partial charge in [0.2, 0.25) is 5.89 Å². The summed E-state index contributed by atoms with van der Waals surface area (Å²) in [7, 11) is 0. The highest BCUT2D eigenvalue weighted by molar-refractivity contribution is 9.10. The van der Waals surface area contributed by atoms with Gasteiger partial charge in [-0.25, -0.2) is 14.2 Å². The third kappa shape index (κ3) is 3.26. The molecule has 0 unspecified atom stereocenters. The molecule has 0 aliphatic heterocycles. The minimum Gasteiger partial charge on any atom is -0.455 e. The lowest BCUT2D eigenvalue weighted by atomic mass is 10.2. The van der Waals surface area contributed by atoms with Crippen LogP contribution < -0.4 is 0 Å². The van der Waals surface area contributed by atoms with E-state index in [1.165, 1.54) is 35.8 Å². The summed E-state index contributed by atoms with van der Waals surface area (Å²) < 4.78 is 24.6. The summed E-state index contributed by atoms with van der Waals surface area (Å²) in [6, 6.07) is 7.85. The number of esters is 1. The topological polar surface area (TPSA) is 52.3 Å². The number of nitrogens with zero attached hydrogens (tertiary/aromatic N) is 1. The highest BCUT2D eigenvalue weighted by Crippen LogP contribution is 2.24. The molecule has 0 bridgehead atoms. The number of oxazole rings is 1. The summed E-state index contributed by atoms with van der Waals surface area (Å²) >= 11 is 4.68. The Morgan fingerprint density at radius 2 is 2.27 bits per heavy atom. The van der Waals surface area contributed by atoms with Gasteiger partial charge in [0, 0.05) is 4.47 Å². The Morgan fingerprint density at radius 3 is 3.05 bits per heavy atom. The first-order valence-corrected chi connectivity index (χ1v) is 7.91. The van der Waals surface area contributed by atoms with Crippen LogP contribution in [0.5, 0.6) is 0 Å². The fraction of sp³-hybridized carbons (Fsp3) is 0.0667. The standard InChI is InChI=1S/C15H9BrFNO3S/c16-9-3-4-12(17)11(6-9)15(19)21-8-10-7-20-14(18-10)13-2-1-5-22-13/h1-7H,8H2. The number of hydrogen-bond acceptors (Lipinski definition) is 5. The molecule has 0 saturated carbocycles. The fourth-order valence-corrected chi connectivity index (χ4v) is 2.77. The lowest BCUT2D eigenvalue weighted by Gasteiger charge is -2.04. The van der Waals surface area contributed by atoms with Crippen LogP contribution in [0.1, 0.15) is 16.1 Å². The van der Waals surface area contributed by atoms with Gasteiger partial charge in [0.15, 0.2) is 0 Å². The van der Waals surface area contributed by atoms with Gasteiger partial charge in [-0.15, -0.1) is 11.3 Å². The molecule has 22 heavy (non-hydrogen) atoms. The van der Waals surface area contributed by atoms with Gasteiger partial charge in [0.25, 0.3) is 0 Å². The number of ether oxygens (including phenoxy) is 1. The van der Waals surface area contributed by atoms with Crippen molar-refractivity contribution in [3.05, 3.63) is 63.5 Å². The van der Waals surface area contributed by atoms with Crippen LogP contribution in [0.15, 0.2) is 50.9 Å². The first kappa shape index (κ1) is 14.9. The molecule has 2 aromatic heterocycles. The average molecular weight is 382 g/mol. The van der Waals surface area contributed by atoms with E-state index in [4.69, 9.17) is 9.15 Å². The molecule has 7 heteroatoms. The predicted molar refractivity (Wildman–Crippen MR) is 83.0 cm³/mol. The molecule has 0 aliphatic rings. The molecular weight excluding hydrogens is 373 g/mol. The second-order valence-corrected chi connectivity index (χ2v) is 6.18. The molecule has 0 fully saturated rings. The molecule has 0 aliphatic carbocycles. The Labute approximate surface area is 137 Å². The largest absolute Gasteiger partial charge is 0.455 e. The molecule has 2 heterocycles. The van der Waals surface area contributed by atoms with Crippen molar-refractivity contribution in [3.8, 4) is 10.8 Å². The number of rotatable bonds is 4. The van der Waals surface area contributed by atoms with Crippen molar-refractivity contribution in [3.63, 3.8) is 0 Å². The summed E-state index contributed by atoms with van der Waals surface area (Å²) in [5, 5.41) is 1.91. The van der Waals surface area contributed by atoms with Crippen molar-refractivity contribution in [2.24, 2.45) is 0 Å². The van der Waals surface area contributed by atoms with Crippen molar-refractivity contribution < 1.29 is 18.3 Å². The molecule has 4 nitrogen and oxygen atoms in total. The van der Waals surface area contributed by atoms with Crippen LogP contribution in [0.3, 0.4) is 0 Å². The van der Waals surface area contributed by atoms with Gasteiger partial charge >= 0.3 is 5.97 Å². The summed E-state index contributed by atoms with van der Waals surface area (Å²) in [5.74, 6) is -0.915. The van der Waals surface area contributed by atoms with Crippen LogP contribution in [0.4, 0.5) is 4.39 Å². The fourth-order valence-electron chi connectivity index (χ4n) is 1.76. The van der Waals surface area contributed by atoms with Crippen LogP contribution in [0.25, 0.3) is 10.8 Å². The Bertz CT molecular complexity index is 801. The second kappa shape index (κ2) is 6.41. The maximum atomic E-state index is 13.6. The quantitative estimate of drug-likeness (QED) is 0.616. The molecule has 0 N–H and O–H groups in total. The SMILES string of the molecule is O=C(OCc1coc(-c2cccs2)n1)c1cc(Br)ccc1F. The highest BCUT2D eigenvalue weighted by Gasteiger charge is 2.15. The van der Waals surface area contributed by atoms with Crippen molar-refractivity contribution in [2.45, 2.75) is 6.61 Å². The highest BCUT2D eigenvalue weighted by atomic mass is 79.9. The van der Waals surface area contributed by atoms with Gasteiger partial charge in [-0.3, -0.25) is 0 Å². The van der Waals surface area contributed by atoms with Gasteiger partial charge < -0.3 is 9.15 Å². The van der Waals surface area contributed by atoms with Gasteiger partial charge in [0.1, 0.15) is 24.4 Å². The predicted octanol–water partition coefficient (Wildman–Crippen LogP) is 4.66. The van der Waals surface area contributed by atoms with E-state index in [1.54, 1.807) is 0 Å². The van der Waals surface area contributed by atoms with Crippen LogP contribution >= 0.6 is 27.3 Å². The molecule has 0 amide bonds. The van der Waals surface area contributed by atoms with Crippen molar-refractivity contribution in [1.82, 2.24) is 4.98 Å². The number of thiophene rings is 1. The smallest absolute Gasteiger partial charge is 0.341 e. The molecule has 3 aromatic rings. The zero-order chi connectivity index (χ0) is 15.5. The first-order chi connectivity index (χ1) is 10.6. The van der Waals surface area contributed by atoms with Crippen molar-refractivity contribution in [1.29, 1.82) is 0 Å². The number of aromatic nitrogens is 1. The molecule has 0 radical (unpaired) electrons. The van der Waals surface area contributed by atoms with E-state index >= 15 is 0 Å². The number of hydrogen-bond donors (Lipinski definition) is 0. The van der Waals surface area contributed by atoms with E-state index in [0.29, 0.717) is 16.1 Å². The van der Waals surface area contributed by atoms with E-state index < -0.39 is 11.8 Å². The zero-order valence-corrected chi connectivity index (χ0v) is 13.5. The Hall–Kier alpha value is -1.99. The van der Waals surface area contributed by atoms with Gasteiger partial charge in [-0.1, -0.05) is 22.0 Å².